The topological polar surface area (TPSA) is 77.0 Å². The highest BCUT2D eigenvalue weighted by molar-refractivity contribution is 7.69. The van der Waals surface area contributed by atoms with Gasteiger partial charge in [-0.1, -0.05) is 12.1 Å². The zero-order valence-corrected chi connectivity index (χ0v) is 11.9. The van der Waals surface area contributed by atoms with Crippen LogP contribution in [0.25, 0.3) is 0 Å². The van der Waals surface area contributed by atoms with Gasteiger partial charge in [-0.05, 0) is 24.1 Å². The lowest BCUT2D eigenvalue weighted by Crippen LogP contribution is -2.28. The summed E-state index contributed by atoms with van der Waals surface area (Å²) in [7, 11) is 0.812. The quantitative estimate of drug-likeness (QED) is 0.729. The van der Waals surface area contributed by atoms with E-state index in [1.807, 2.05) is 18.2 Å². The minimum absolute atomic E-state index is 0.0592. The Morgan fingerprint density at radius 1 is 1.42 bits per heavy atom. The van der Waals surface area contributed by atoms with Crippen LogP contribution in [0.1, 0.15) is 5.56 Å². The van der Waals surface area contributed by atoms with Crippen molar-refractivity contribution in [2.24, 2.45) is 4.36 Å². The van der Waals surface area contributed by atoms with E-state index in [0.717, 1.165) is 5.56 Å². The van der Waals surface area contributed by atoms with Crippen LogP contribution in [0.2, 0.25) is 0 Å². The van der Waals surface area contributed by atoms with Gasteiger partial charge in [0, 0.05) is 13.7 Å². The Morgan fingerprint density at radius 2 is 2.21 bits per heavy atom. The number of ether oxygens (including phenoxy) is 1. The Kier molecular flexibility index (Phi) is 7.09. The van der Waals surface area contributed by atoms with E-state index in [-0.39, 0.29) is 12.5 Å². The predicted molar refractivity (Wildman–Crippen MR) is 73.7 cm³/mol. The first kappa shape index (κ1) is 15.6. The first-order valence-electron chi connectivity index (χ1n) is 5.73. The first-order valence-corrected chi connectivity index (χ1v) is 6.86. The third-order valence-corrected chi connectivity index (χ3v) is 2.98. The highest BCUT2D eigenvalue weighted by Gasteiger charge is 2.00. The second kappa shape index (κ2) is 8.63. The minimum Gasteiger partial charge on any atom is -0.375 e. The molecule has 1 amide bonds. The van der Waals surface area contributed by atoms with Gasteiger partial charge in [-0.2, -0.15) is 4.36 Å². The molecule has 1 N–H and O–H groups in total. The number of thiol groups is 1. The number of nitrogens with one attached hydrogen (secondary N) is 1. The number of methoxy groups -OCH3 is 1. The normalized spacial score (nSPS) is 12.3. The molecule has 0 fully saturated rings. The van der Waals surface area contributed by atoms with Crippen molar-refractivity contribution >= 4 is 22.5 Å². The van der Waals surface area contributed by atoms with Crippen LogP contribution in [-0.4, -0.2) is 37.5 Å². The molecule has 0 aliphatic carbocycles. The Bertz CT molecular complexity index is 498. The molecular formula is C12H18N2O4S. The van der Waals surface area contributed by atoms with Crippen LogP contribution in [0, 0.1) is 0 Å². The molecule has 106 valence electrons. The van der Waals surface area contributed by atoms with Crippen molar-refractivity contribution in [3.63, 3.8) is 0 Å². The third-order valence-electron chi connectivity index (χ3n) is 2.28. The standard InChI is InChI=1S/C12H18N2O4S/c1-17-9-12(15)13-7-6-10-4-3-5-11(8-10)14-19(16)18-2/h3-5,8,19H,6-7,9H2,1-2H3,(H,13,15). The maximum atomic E-state index is 11.2. The summed E-state index contributed by atoms with van der Waals surface area (Å²) in [6, 6.07) is 7.30. The van der Waals surface area contributed by atoms with Crippen molar-refractivity contribution in [1.82, 2.24) is 5.32 Å². The van der Waals surface area contributed by atoms with Crippen molar-refractivity contribution in [3.8, 4) is 0 Å². The van der Waals surface area contributed by atoms with E-state index >= 15 is 0 Å². The maximum Gasteiger partial charge on any atom is 0.245 e. The lowest BCUT2D eigenvalue weighted by Gasteiger charge is -2.05. The molecule has 1 aromatic rings. The Morgan fingerprint density at radius 3 is 2.89 bits per heavy atom. The smallest absolute Gasteiger partial charge is 0.245 e. The molecule has 6 nitrogen and oxygen atoms in total. The number of nitrogens with zero attached hydrogens (tertiary/aromatic N) is 1. The average Bonchev–Trinajstić information content (AvgIpc) is 2.39. The molecule has 0 bridgehead atoms. The molecule has 1 aromatic carbocycles. The van der Waals surface area contributed by atoms with Crippen LogP contribution in [0.4, 0.5) is 5.69 Å². The molecule has 0 heterocycles. The van der Waals surface area contributed by atoms with E-state index in [0.29, 0.717) is 18.7 Å². The van der Waals surface area contributed by atoms with Crippen LogP contribution < -0.4 is 5.32 Å². The van der Waals surface area contributed by atoms with Crippen LogP contribution >= 0.6 is 0 Å². The van der Waals surface area contributed by atoms with Gasteiger partial charge in [0.15, 0.2) is 10.9 Å². The average molecular weight is 286 g/mol. The molecule has 19 heavy (non-hydrogen) atoms. The molecule has 7 heteroatoms. The van der Waals surface area contributed by atoms with E-state index in [2.05, 4.69) is 13.9 Å². The van der Waals surface area contributed by atoms with Crippen LogP contribution in [0.3, 0.4) is 0 Å². The van der Waals surface area contributed by atoms with Crippen molar-refractivity contribution < 1.29 is 17.9 Å². The number of carbonyl (C=O) groups excluding carboxylic acids is 1. The summed E-state index contributed by atoms with van der Waals surface area (Å²) in [5.74, 6) is -0.147. The second-order valence-corrected chi connectivity index (χ2v) is 4.76. The monoisotopic (exact) mass is 286 g/mol. The van der Waals surface area contributed by atoms with Gasteiger partial charge in [0.05, 0.1) is 12.8 Å². The lowest BCUT2D eigenvalue weighted by molar-refractivity contribution is -0.124. The number of carbonyl (C=O) groups is 1. The van der Waals surface area contributed by atoms with E-state index in [4.69, 9.17) is 4.74 Å². The number of rotatable bonds is 7. The molecule has 0 saturated heterocycles. The van der Waals surface area contributed by atoms with E-state index in [1.165, 1.54) is 14.2 Å². The Labute approximate surface area is 114 Å². The molecule has 0 saturated carbocycles. The molecule has 0 radical (unpaired) electrons. The zero-order chi connectivity index (χ0) is 14.1. The molecule has 1 atom stereocenters. The van der Waals surface area contributed by atoms with Crippen molar-refractivity contribution in [3.05, 3.63) is 29.8 Å². The number of benzene rings is 1. The summed E-state index contributed by atoms with van der Waals surface area (Å²) >= 11 is 0. The number of amides is 1. The van der Waals surface area contributed by atoms with E-state index in [9.17, 15) is 9.00 Å². The molecule has 0 aliphatic heterocycles. The highest BCUT2D eigenvalue weighted by atomic mass is 32.2. The van der Waals surface area contributed by atoms with Gasteiger partial charge >= 0.3 is 0 Å². The summed E-state index contributed by atoms with van der Waals surface area (Å²) < 4.78 is 24.4. The lowest BCUT2D eigenvalue weighted by atomic mass is 10.1. The van der Waals surface area contributed by atoms with Crippen molar-refractivity contribution in [1.29, 1.82) is 0 Å². The molecule has 0 aliphatic rings. The molecule has 1 rings (SSSR count). The van der Waals surface area contributed by atoms with Crippen LogP contribution in [0.15, 0.2) is 28.6 Å². The second-order valence-electron chi connectivity index (χ2n) is 3.72. The maximum absolute atomic E-state index is 11.2. The van der Waals surface area contributed by atoms with Crippen molar-refractivity contribution in [2.75, 3.05) is 27.4 Å². The molecule has 0 aromatic heterocycles. The fourth-order valence-corrected chi connectivity index (χ4v) is 1.83. The third kappa shape index (κ3) is 6.32. The van der Waals surface area contributed by atoms with Gasteiger partial charge in [0.1, 0.15) is 6.61 Å². The molecular weight excluding hydrogens is 268 g/mol. The minimum atomic E-state index is -2.01. The van der Waals surface area contributed by atoms with Crippen LogP contribution in [0.5, 0.6) is 0 Å². The SMILES string of the molecule is COCC(=O)NCCc1cccc(N=[SH](=O)OC)c1. The largest absolute Gasteiger partial charge is 0.375 e. The zero-order valence-electron chi connectivity index (χ0n) is 11.0. The summed E-state index contributed by atoms with van der Waals surface area (Å²) in [5, 5.41) is 2.73. The predicted octanol–water partition coefficient (Wildman–Crippen LogP) is 0.849. The van der Waals surface area contributed by atoms with E-state index < -0.39 is 10.9 Å². The van der Waals surface area contributed by atoms with Gasteiger partial charge in [-0.3, -0.25) is 8.98 Å². The Hall–Kier alpha value is -1.44. The summed E-state index contributed by atoms with van der Waals surface area (Å²) in [4.78, 5) is 11.2. The van der Waals surface area contributed by atoms with Crippen molar-refractivity contribution in [2.45, 2.75) is 6.42 Å². The summed E-state index contributed by atoms with van der Waals surface area (Å²) in [5.41, 5.74) is 1.60. The molecule has 1 unspecified atom stereocenters. The number of hydrogen-bond donors (Lipinski definition) is 2. The van der Waals surface area contributed by atoms with Gasteiger partial charge in [-0.25, -0.2) is 4.21 Å². The highest BCUT2D eigenvalue weighted by Crippen LogP contribution is 2.14. The number of hydrogen-bond acceptors (Lipinski definition) is 5. The van der Waals surface area contributed by atoms with Gasteiger partial charge in [0.25, 0.3) is 0 Å². The Balaban J connectivity index is 2.53. The fraction of sp³-hybridized carbons (Fsp3) is 0.417. The van der Waals surface area contributed by atoms with Crippen LogP contribution in [-0.2, 0) is 31.0 Å². The van der Waals surface area contributed by atoms with Gasteiger partial charge in [-0.15, -0.1) is 0 Å². The first-order chi connectivity index (χ1) is 9.15. The molecule has 0 spiro atoms. The fourth-order valence-electron chi connectivity index (χ4n) is 1.44. The van der Waals surface area contributed by atoms with Gasteiger partial charge in [0.2, 0.25) is 5.91 Å². The van der Waals surface area contributed by atoms with E-state index in [1.54, 1.807) is 6.07 Å². The summed E-state index contributed by atoms with van der Waals surface area (Å²) in [6.45, 7) is 0.575. The van der Waals surface area contributed by atoms with Gasteiger partial charge < -0.3 is 10.1 Å². The summed E-state index contributed by atoms with van der Waals surface area (Å²) in [6.07, 6.45) is 0.669.